The van der Waals surface area contributed by atoms with E-state index in [9.17, 15) is 5.11 Å². The molecule has 0 saturated carbocycles. The standard InChI is InChI=1S/C11H17NO2/c1-8(13)9(2)14-11-6-4-3-5-10(11)7-12/h3-6,8-9,13H,7,12H2,1-2H3. The van der Waals surface area contributed by atoms with Crippen molar-refractivity contribution in [2.24, 2.45) is 5.73 Å². The highest BCUT2D eigenvalue weighted by molar-refractivity contribution is 5.33. The van der Waals surface area contributed by atoms with E-state index >= 15 is 0 Å². The van der Waals surface area contributed by atoms with E-state index in [1.807, 2.05) is 31.2 Å². The third-order valence-corrected chi connectivity index (χ3v) is 2.18. The first-order valence-electron chi connectivity index (χ1n) is 4.78. The van der Waals surface area contributed by atoms with Gasteiger partial charge in [0.1, 0.15) is 11.9 Å². The SMILES string of the molecule is CC(O)C(C)Oc1ccccc1CN. The van der Waals surface area contributed by atoms with E-state index < -0.39 is 6.10 Å². The van der Waals surface area contributed by atoms with E-state index in [4.69, 9.17) is 10.5 Å². The first-order chi connectivity index (χ1) is 6.65. The van der Waals surface area contributed by atoms with Crippen molar-refractivity contribution in [2.45, 2.75) is 32.6 Å². The fourth-order valence-electron chi connectivity index (χ4n) is 1.09. The van der Waals surface area contributed by atoms with Gasteiger partial charge in [-0.3, -0.25) is 0 Å². The van der Waals surface area contributed by atoms with Crippen LogP contribution < -0.4 is 10.5 Å². The summed E-state index contributed by atoms with van der Waals surface area (Å²) in [6, 6.07) is 7.59. The maximum Gasteiger partial charge on any atom is 0.124 e. The highest BCUT2D eigenvalue weighted by atomic mass is 16.5. The third kappa shape index (κ3) is 2.72. The Labute approximate surface area is 84.5 Å². The number of aliphatic hydroxyl groups is 1. The molecule has 0 amide bonds. The maximum absolute atomic E-state index is 9.29. The lowest BCUT2D eigenvalue weighted by atomic mass is 10.2. The van der Waals surface area contributed by atoms with Gasteiger partial charge < -0.3 is 15.6 Å². The van der Waals surface area contributed by atoms with Gasteiger partial charge in [0, 0.05) is 12.1 Å². The Bertz CT molecular complexity index is 286. The summed E-state index contributed by atoms with van der Waals surface area (Å²) in [7, 11) is 0. The first kappa shape index (κ1) is 11.0. The number of rotatable bonds is 4. The van der Waals surface area contributed by atoms with Crippen molar-refractivity contribution in [3.8, 4) is 5.75 Å². The number of ether oxygens (including phenoxy) is 1. The largest absolute Gasteiger partial charge is 0.488 e. The maximum atomic E-state index is 9.29. The van der Waals surface area contributed by atoms with Crippen molar-refractivity contribution in [1.29, 1.82) is 0 Å². The summed E-state index contributed by atoms with van der Waals surface area (Å²) in [6.45, 7) is 3.98. The van der Waals surface area contributed by atoms with E-state index in [2.05, 4.69) is 0 Å². The fraction of sp³-hybridized carbons (Fsp3) is 0.455. The Morgan fingerprint density at radius 1 is 1.36 bits per heavy atom. The fourth-order valence-corrected chi connectivity index (χ4v) is 1.09. The summed E-state index contributed by atoms with van der Waals surface area (Å²) in [5.74, 6) is 0.753. The van der Waals surface area contributed by atoms with Crippen LogP contribution in [0, 0.1) is 0 Å². The summed E-state index contributed by atoms with van der Waals surface area (Å²) in [6.07, 6.45) is -0.705. The van der Waals surface area contributed by atoms with Crippen LogP contribution in [0.3, 0.4) is 0 Å². The molecular weight excluding hydrogens is 178 g/mol. The Kier molecular flexibility index (Phi) is 3.92. The zero-order valence-corrected chi connectivity index (χ0v) is 8.60. The van der Waals surface area contributed by atoms with Crippen LogP contribution in [0.15, 0.2) is 24.3 Å². The molecule has 0 aliphatic carbocycles. The van der Waals surface area contributed by atoms with Crippen LogP contribution in [-0.4, -0.2) is 17.3 Å². The van der Waals surface area contributed by atoms with Crippen molar-refractivity contribution in [3.63, 3.8) is 0 Å². The molecule has 0 spiro atoms. The molecule has 0 fully saturated rings. The number of hydrogen-bond acceptors (Lipinski definition) is 3. The van der Waals surface area contributed by atoms with Gasteiger partial charge in [0.15, 0.2) is 0 Å². The Balaban J connectivity index is 2.75. The molecule has 1 rings (SSSR count). The average Bonchev–Trinajstić information content (AvgIpc) is 2.18. The minimum absolute atomic E-state index is 0.220. The van der Waals surface area contributed by atoms with E-state index in [0.29, 0.717) is 6.54 Å². The number of nitrogens with two attached hydrogens (primary N) is 1. The van der Waals surface area contributed by atoms with Gasteiger partial charge in [0.2, 0.25) is 0 Å². The number of benzene rings is 1. The van der Waals surface area contributed by atoms with Crippen LogP contribution >= 0.6 is 0 Å². The number of para-hydroxylation sites is 1. The Morgan fingerprint density at radius 2 is 2.00 bits per heavy atom. The molecular formula is C11H17NO2. The molecule has 0 bridgehead atoms. The van der Waals surface area contributed by atoms with Crippen molar-refractivity contribution >= 4 is 0 Å². The second kappa shape index (κ2) is 4.98. The van der Waals surface area contributed by atoms with Gasteiger partial charge >= 0.3 is 0 Å². The summed E-state index contributed by atoms with van der Waals surface area (Å²) < 4.78 is 5.57. The molecule has 14 heavy (non-hydrogen) atoms. The van der Waals surface area contributed by atoms with Gasteiger partial charge in [-0.15, -0.1) is 0 Å². The number of aliphatic hydroxyl groups excluding tert-OH is 1. The van der Waals surface area contributed by atoms with E-state index in [1.54, 1.807) is 6.92 Å². The molecule has 1 aromatic rings. The van der Waals surface area contributed by atoms with Gasteiger partial charge in [-0.1, -0.05) is 18.2 Å². The average molecular weight is 195 g/mol. The lowest BCUT2D eigenvalue weighted by Gasteiger charge is -2.18. The predicted octanol–water partition coefficient (Wildman–Crippen LogP) is 1.29. The lowest BCUT2D eigenvalue weighted by Crippen LogP contribution is -2.26. The molecule has 0 saturated heterocycles. The van der Waals surface area contributed by atoms with Gasteiger partial charge in [0.05, 0.1) is 6.10 Å². The van der Waals surface area contributed by atoms with Crippen molar-refractivity contribution < 1.29 is 9.84 Å². The summed E-state index contributed by atoms with van der Waals surface area (Å²) in [4.78, 5) is 0. The second-order valence-electron chi connectivity index (χ2n) is 3.38. The Hall–Kier alpha value is -1.06. The van der Waals surface area contributed by atoms with Gasteiger partial charge in [-0.25, -0.2) is 0 Å². The molecule has 0 aliphatic heterocycles. The molecule has 78 valence electrons. The molecule has 3 heteroatoms. The zero-order valence-electron chi connectivity index (χ0n) is 8.60. The van der Waals surface area contributed by atoms with E-state index in [0.717, 1.165) is 11.3 Å². The van der Waals surface area contributed by atoms with Crippen LogP contribution in [0.2, 0.25) is 0 Å². The molecule has 2 unspecified atom stereocenters. The van der Waals surface area contributed by atoms with Crippen molar-refractivity contribution in [2.75, 3.05) is 0 Å². The normalized spacial score (nSPS) is 14.9. The summed E-state index contributed by atoms with van der Waals surface area (Å²) >= 11 is 0. The first-order valence-corrected chi connectivity index (χ1v) is 4.78. The van der Waals surface area contributed by atoms with Crippen LogP contribution in [0.1, 0.15) is 19.4 Å². The monoisotopic (exact) mass is 195 g/mol. The van der Waals surface area contributed by atoms with Crippen molar-refractivity contribution in [3.05, 3.63) is 29.8 Å². The Morgan fingerprint density at radius 3 is 2.57 bits per heavy atom. The molecule has 3 nitrogen and oxygen atoms in total. The highest BCUT2D eigenvalue weighted by Gasteiger charge is 2.11. The minimum atomic E-state index is -0.485. The third-order valence-electron chi connectivity index (χ3n) is 2.18. The van der Waals surface area contributed by atoms with Crippen molar-refractivity contribution in [1.82, 2.24) is 0 Å². The van der Waals surface area contributed by atoms with E-state index in [-0.39, 0.29) is 6.10 Å². The van der Waals surface area contributed by atoms with Gasteiger partial charge in [0.25, 0.3) is 0 Å². The topological polar surface area (TPSA) is 55.5 Å². The number of hydrogen-bond donors (Lipinski definition) is 2. The lowest BCUT2D eigenvalue weighted by molar-refractivity contribution is 0.0598. The predicted molar refractivity (Wildman–Crippen MR) is 56.1 cm³/mol. The molecule has 0 radical (unpaired) electrons. The molecule has 0 heterocycles. The summed E-state index contributed by atoms with van der Waals surface area (Å²) in [5, 5.41) is 9.29. The summed E-state index contributed by atoms with van der Waals surface area (Å²) in [5.41, 5.74) is 6.52. The minimum Gasteiger partial charge on any atom is -0.488 e. The second-order valence-corrected chi connectivity index (χ2v) is 3.38. The molecule has 0 aromatic heterocycles. The van der Waals surface area contributed by atoms with Gasteiger partial charge in [-0.05, 0) is 19.9 Å². The molecule has 3 N–H and O–H groups in total. The highest BCUT2D eigenvalue weighted by Crippen LogP contribution is 2.19. The quantitative estimate of drug-likeness (QED) is 0.761. The van der Waals surface area contributed by atoms with Gasteiger partial charge in [-0.2, -0.15) is 0 Å². The molecule has 2 atom stereocenters. The van der Waals surface area contributed by atoms with Crippen LogP contribution in [-0.2, 0) is 6.54 Å². The molecule has 1 aromatic carbocycles. The smallest absolute Gasteiger partial charge is 0.124 e. The zero-order chi connectivity index (χ0) is 10.6. The van der Waals surface area contributed by atoms with Crippen LogP contribution in [0.5, 0.6) is 5.75 Å². The van der Waals surface area contributed by atoms with Crippen LogP contribution in [0.25, 0.3) is 0 Å². The van der Waals surface area contributed by atoms with Crippen LogP contribution in [0.4, 0.5) is 0 Å². The molecule has 0 aliphatic rings. The van der Waals surface area contributed by atoms with E-state index in [1.165, 1.54) is 0 Å².